The van der Waals surface area contributed by atoms with Gasteiger partial charge in [-0.05, 0) is 27.8 Å². The summed E-state index contributed by atoms with van der Waals surface area (Å²) in [6.45, 7) is 3.53. The van der Waals surface area contributed by atoms with Gasteiger partial charge in [0, 0.05) is 24.5 Å². The Balaban J connectivity index is 1.81. The summed E-state index contributed by atoms with van der Waals surface area (Å²) in [5, 5.41) is 0. The van der Waals surface area contributed by atoms with E-state index in [9.17, 15) is 4.79 Å². The molecular formula is C23H18O2. The van der Waals surface area contributed by atoms with Crippen molar-refractivity contribution < 1.29 is 9.53 Å². The molecule has 3 aromatic carbocycles. The fourth-order valence-electron chi connectivity index (χ4n) is 3.46. The Hall–Kier alpha value is -3.13. The molecule has 122 valence electrons. The van der Waals surface area contributed by atoms with Crippen LogP contribution in [0.25, 0.3) is 11.1 Å². The highest BCUT2D eigenvalue weighted by Crippen LogP contribution is 2.43. The average Bonchev–Trinajstić information content (AvgIpc) is 3.03. The molecule has 0 atom stereocenters. The van der Waals surface area contributed by atoms with Crippen molar-refractivity contribution in [2.45, 2.75) is 12.8 Å². The van der Waals surface area contributed by atoms with Gasteiger partial charge in [-0.25, -0.2) is 4.79 Å². The number of rotatable bonds is 4. The Kier molecular flexibility index (Phi) is 3.95. The molecule has 25 heavy (non-hydrogen) atoms. The zero-order valence-corrected chi connectivity index (χ0v) is 13.9. The summed E-state index contributed by atoms with van der Waals surface area (Å²) in [7, 11) is 0. The first kappa shape index (κ1) is 15.4. The Morgan fingerprint density at radius 2 is 1.72 bits per heavy atom. The summed E-state index contributed by atoms with van der Waals surface area (Å²) in [4.78, 5) is 11.9. The first-order chi connectivity index (χ1) is 12.3. The van der Waals surface area contributed by atoms with Crippen LogP contribution >= 0.6 is 0 Å². The molecule has 0 bridgehead atoms. The summed E-state index contributed by atoms with van der Waals surface area (Å²) >= 11 is 0. The van der Waals surface area contributed by atoms with Crippen LogP contribution in [0.5, 0.6) is 5.75 Å². The summed E-state index contributed by atoms with van der Waals surface area (Å²) in [5.74, 6) is 0.265. The standard InChI is InChI=1S/C23H18O2/c1-2-22(24)25-23-18(14-16-8-4-3-5-9-16)12-13-20-19-11-7-6-10-17(19)15-21(20)23/h2-13H,1,14-15H2. The normalized spacial score (nSPS) is 11.5. The molecule has 0 unspecified atom stereocenters. The van der Waals surface area contributed by atoms with E-state index >= 15 is 0 Å². The zero-order chi connectivity index (χ0) is 17.2. The number of fused-ring (bicyclic) bond motifs is 3. The van der Waals surface area contributed by atoms with Crippen LogP contribution in [0.3, 0.4) is 0 Å². The third-order valence-electron chi connectivity index (χ3n) is 4.62. The van der Waals surface area contributed by atoms with Gasteiger partial charge in [0.25, 0.3) is 0 Å². The van der Waals surface area contributed by atoms with Gasteiger partial charge in [0.15, 0.2) is 0 Å². The maximum atomic E-state index is 11.9. The minimum atomic E-state index is -0.418. The SMILES string of the molecule is C=CC(=O)Oc1c(Cc2ccccc2)ccc2c1Cc1ccccc1-2. The third-order valence-corrected chi connectivity index (χ3v) is 4.62. The van der Waals surface area contributed by atoms with Crippen LogP contribution in [0, 0.1) is 0 Å². The molecule has 1 aliphatic rings. The zero-order valence-electron chi connectivity index (χ0n) is 13.9. The molecule has 0 saturated carbocycles. The van der Waals surface area contributed by atoms with E-state index < -0.39 is 5.97 Å². The lowest BCUT2D eigenvalue weighted by Gasteiger charge is -2.14. The second-order valence-electron chi connectivity index (χ2n) is 6.20. The van der Waals surface area contributed by atoms with E-state index in [-0.39, 0.29) is 0 Å². The third kappa shape index (κ3) is 2.87. The van der Waals surface area contributed by atoms with Crippen LogP contribution in [0.1, 0.15) is 22.3 Å². The van der Waals surface area contributed by atoms with E-state index in [0.717, 1.165) is 29.5 Å². The molecule has 0 N–H and O–H groups in total. The minimum absolute atomic E-state index is 0.418. The van der Waals surface area contributed by atoms with Gasteiger partial charge in [-0.2, -0.15) is 0 Å². The van der Waals surface area contributed by atoms with E-state index in [1.165, 1.54) is 22.8 Å². The maximum absolute atomic E-state index is 11.9. The summed E-state index contributed by atoms with van der Waals surface area (Å²) in [5.41, 5.74) is 6.94. The van der Waals surface area contributed by atoms with Gasteiger partial charge in [0.1, 0.15) is 5.75 Å². The van der Waals surface area contributed by atoms with Crippen molar-refractivity contribution in [3.63, 3.8) is 0 Å². The molecule has 3 aromatic rings. The summed E-state index contributed by atoms with van der Waals surface area (Å²) < 4.78 is 5.68. The van der Waals surface area contributed by atoms with Gasteiger partial charge >= 0.3 is 5.97 Å². The number of carbonyl (C=O) groups excluding carboxylic acids is 1. The summed E-state index contributed by atoms with van der Waals surface area (Å²) in [6, 6.07) is 22.8. The predicted molar refractivity (Wildman–Crippen MR) is 99.8 cm³/mol. The summed E-state index contributed by atoms with van der Waals surface area (Å²) in [6.07, 6.45) is 2.73. The minimum Gasteiger partial charge on any atom is -0.423 e. The molecular weight excluding hydrogens is 308 g/mol. The van der Waals surface area contributed by atoms with Crippen LogP contribution in [-0.2, 0) is 17.6 Å². The Morgan fingerprint density at radius 1 is 0.960 bits per heavy atom. The molecule has 0 radical (unpaired) electrons. The van der Waals surface area contributed by atoms with Crippen molar-refractivity contribution in [3.05, 3.63) is 102 Å². The van der Waals surface area contributed by atoms with Crippen LogP contribution in [-0.4, -0.2) is 5.97 Å². The van der Waals surface area contributed by atoms with Crippen molar-refractivity contribution in [1.82, 2.24) is 0 Å². The quantitative estimate of drug-likeness (QED) is 0.302. The van der Waals surface area contributed by atoms with Gasteiger partial charge in [-0.3, -0.25) is 0 Å². The number of carbonyl (C=O) groups is 1. The second kappa shape index (κ2) is 6.40. The highest BCUT2D eigenvalue weighted by molar-refractivity contribution is 5.86. The fraction of sp³-hybridized carbons (Fsp3) is 0.0870. The van der Waals surface area contributed by atoms with Crippen molar-refractivity contribution in [2.24, 2.45) is 0 Å². The predicted octanol–water partition coefficient (Wildman–Crippen LogP) is 4.94. The Labute approximate surface area is 147 Å². The largest absolute Gasteiger partial charge is 0.423 e. The number of hydrogen-bond donors (Lipinski definition) is 0. The molecule has 0 aromatic heterocycles. The smallest absolute Gasteiger partial charge is 0.335 e. The van der Waals surface area contributed by atoms with Crippen molar-refractivity contribution in [1.29, 1.82) is 0 Å². The number of hydrogen-bond acceptors (Lipinski definition) is 2. The molecule has 0 fully saturated rings. The lowest BCUT2D eigenvalue weighted by atomic mass is 9.97. The Bertz CT molecular complexity index is 955. The highest BCUT2D eigenvalue weighted by atomic mass is 16.5. The average molecular weight is 326 g/mol. The maximum Gasteiger partial charge on any atom is 0.335 e. The molecule has 0 saturated heterocycles. The molecule has 0 aliphatic heterocycles. The molecule has 0 amide bonds. The lowest BCUT2D eigenvalue weighted by Crippen LogP contribution is -2.08. The van der Waals surface area contributed by atoms with Gasteiger partial charge in [-0.1, -0.05) is 73.3 Å². The van der Waals surface area contributed by atoms with Crippen molar-refractivity contribution in [2.75, 3.05) is 0 Å². The van der Waals surface area contributed by atoms with Crippen LogP contribution in [0.2, 0.25) is 0 Å². The van der Waals surface area contributed by atoms with Gasteiger partial charge in [0.2, 0.25) is 0 Å². The van der Waals surface area contributed by atoms with E-state index in [4.69, 9.17) is 4.74 Å². The topological polar surface area (TPSA) is 26.3 Å². The molecule has 1 aliphatic carbocycles. The Morgan fingerprint density at radius 3 is 2.52 bits per heavy atom. The van der Waals surface area contributed by atoms with Crippen LogP contribution < -0.4 is 4.74 Å². The molecule has 0 heterocycles. The first-order valence-corrected chi connectivity index (χ1v) is 8.37. The molecule has 4 rings (SSSR count). The molecule has 0 spiro atoms. The number of ether oxygens (including phenoxy) is 1. The second-order valence-corrected chi connectivity index (χ2v) is 6.20. The monoisotopic (exact) mass is 326 g/mol. The van der Waals surface area contributed by atoms with Gasteiger partial charge in [0.05, 0.1) is 0 Å². The van der Waals surface area contributed by atoms with Crippen molar-refractivity contribution in [3.8, 4) is 16.9 Å². The number of esters is 1. The highest BCUT2D eigenvalue weighted by Gasteiger charge is 2.24. The number of benzene rings is 3. The van der Waals surface area contributed by atoms with Crippen LogP contribution in [0.4, 0.5) is 0 Å². The molecule has 2 heteroatoms. The van der Waals surface area contributed by atoms with E-state index in [2.05, 4.69) is 43.0 Å². The van der Waals surface area contributed by atoms with E-state index in [1.54, 1.807) is 0 Å². The fourth-order valence-corrected chi connectivity index (χ4v) is 3.46. The molecule has 2 nitrogen and oxygen atoms in total. The van der Waals surface area contributed by atoms with Crippen molar-refractivity contribution >= 4 is 5.97 Å². The lowest BCUT2D eigenvalue weighted by molar-refractivity contribution is -0.129. The van der Waals surface area contributed by atoms with Gasteiger partial charge in [-0.15, -0.1) is 0 Å². The van der Waals surface area contributed by atoms with E-state index in [0.29, 0.717) is 5.75 Å². The first-order valence-electron chi connectivity index (χ1n) is 8.37. The van der Waals surface area contributed by atoms with Gasteiger partial charge < -0.3 is 4.74 Å². The van der Waals surface area contributed by atoms with Crippen LogP contribution in [0.15, 0.2) is 79.4 Å². The van der Waals surface area contributed by atoms with E-state index in [1.807, 2.05) is 30.3 Å².